The molecule has 178 valence electrons. The lowest BCUT2D eigenvalue weighted by Crippen LogP contribution is -2.05. The summed E-state index contributed by atoms with van der Waals surface area (Å²) in [5, 5.41) is 18.5. The Balaban J connectivity index is 1.76. The monoisotopic (exact) mass is 480 g/mol. The molecule has 0 aliphatic carbocycles. The van der Waals surface area contributed by atoms with Crippen LogP contribution in [0, 0.1) is 11.3 Å². The van der Waals surface area contributed by atoms with Crippen LogP contribution in [0.2, 0.25) is 0 Å². The zero-order valence-electron chi connectivity index (χ0n) is 18.2. The number of carboxylic acid groups (broad SMARTS) is 1. The van der Waals surface area contributed by atoms with Crippen LogP contribution in [-0.4, -0.2) is 11.1 Å². The number of nitrogens with two attached hydrogens (primary N) is 1. The maximum absolute atomic E-state index is 13.4. The number of hydrogen-bond donors (Lipinski definition) is 2. The molecule has 0 atom stereocenters. The summed E-state index contributed by atoms with van der Waals surface area (Å²) in [6, 6.07) is 17.6. The third kappa shape index (κ3) is 5.28. The van der Waals surface area contributed by atoms with Crippen molar-refractivity contribution < 1.29 is 32.2 Å². The lowest BCUT2D eigenvalue weighted by molar-refractivity contribution is -0.152. The third-order valence-corrected chi connectivity index (χ3v) is 5.35. The second-order valence-electron chi connectivity index (χ2n) is 7.87. The van der Waals surface area contributed by atoms with E-state index in [2.05, 4.69) is 0 Å². The molecule has 35 heavy (non-hydrogen) atoms. The normalized spacial score (nSPS) is 11.4. The first kappa shape index (κ1) is 23.9. The standard InChI is InChI=1S/C26H19F3N2O4/c27-26(28,29)23-10-20-8-17(9-21(25(20)35-23)18-3-1-2-15(6-18)12-30)14-34-22-5-4-16(13-31)7-19(22)11-24(32)33/h1-10H,11-12,14,30H2,(H,32,33). The molecule has 4 aromatic rings. The van der Waals surface area contributed by atoms with Crippen LogP contribution in [0.4, 0.5) is 13.2 Å². The molecular formula is C26H19F3N2O4. The van der Waals surface area contributed by atoms with Gasteiger partial charge in [0.2, 0.25) is 5.76 Å². The van der Waals surface area contributed by atoms with Crippen LogP contribution in [0.3, 0.4) is 0 Å². The highest BCUT2D eigenvalue weighted by molar-refractivity contribution is 5.93. The molecule has 0 aliphatic rings. The van der Waals surface area contributed by atoms with Crippen molar-refractivity contribution in [3.05, 3.63) is 88.7 Å². The second-order valence-corrected chi connectivity index (χ2v) is 7.87. The fraction of sp³-hybridized carbons (Fsp3) is 0.154. The summed E-state index contributed by atoms with van der Waals surface area (Å²) in [6.45, 7) is 0.210. The smallest absolute Gasteiger partial charge is 0.449 e. The Kier molecular flexibility index (Phi) is 6.49. The molecule has 3 N–H and O–H groups in total. The average molecular weight is 480 g/mol. The quantitative estimate of drug-likeness (QED) is 0.354. The molecule has 0 fully saturated rings. The summed E-state index contributed by atoms with van der Waals surface area (Å²) in [4.78, 5) is 11.2. The molecule has 0 amide bonds. The minimum absolute atomic E-state index is 0.0510. The van der Waals surface area contributed by atoms with Crippen molar-refractivity contribution in [1.29, 1.82) is 5.26 Å². The summed E-state index contributed by atoms with van der Waals surface area (Å²) < 4.78 is 51.1. The van der Waals surface area contributed by atoms with E-state index in [1.807, 2.05) is 12.1 Å². The molecule has 3 aromatic carbocycles. The summed E-state index contributed by atoms with van der Waals surface area (Å²) in [5.41, 5.74) is 8.84. The van der Waals surface area contributed by atoms with Crippen molar-refractivity contribution in [2.75, 3.05) is 0 Å². The van der Waals surface area contributed by atoms with E-state index in [0.29, 0.717) is 22.3 Å². The van der Waals surface area contributed by atoms with Crippen molar-refractivity contribution in [2.24, 2.45) is 5.73 Å². The molecule has 6 nitrogen and oxygen atoms in total. The zero-order valence-corrected chi connectivity index (χ0v) is 18.2. The molecule has 0 unspecified atom stereocenters. The van der Waals surface area contributed by atoms with E-state index >= 15 is 0 Å². The highest BCUT2D eigenvalue weighted by Gasteiger charge is 2.35. The average Bonchev–Trinajstić information content (AvgIpc) is 3.27. The van der Waals surface area contributed by atoms with E-state index in [-0.39, 0.29) is 41.9 Å². The molecule has 0 spiro atoms. The predicted molar refractivity (Wildman–Crippen MR) is 121 cm³/mol. The van der Waals surface area contributed by atoms with E-state index < -0.39 is 17.9 Å². The first-order valence-electron chi connectivity index (χ1n) is 10.5. The van der Waals surface area contributed by atoms with Crippen LogP contribution in [0.15, 0.2) is 65.1 Å². The molecule has 0 radical (unpaired) electrons. The molecule has 0 saturated heterocycles. The van der Waals surface area contributed by atoms with Crippen molar-refractivity contribution in [2.45, 2.75) is 25.7 Å². The molecular weight excluding hydrogens is 461 g/mol. The van der Waals surface area contributed by atoms with Crippen LogP contribution in [0.5, 0.6) is 5.75 Å². The molecule has 9 heteroatoms. The van der Waals surface area contributed by atoms with Gasteiger partial charge in [-0.15, -0.1) is 0 Å². The summed E-state index contributed by atoms with van der Waals surface area (Å²) in [7, 11) is 0. The molecule has 1 heterocycles. The summed E-state index contributed by atoms with van der Waals surface area (Å²) >= 11 is 0. The number of halogens is 3. The fourth-order valence-corrected chi connectivity index (χ4v) is 3.77. The molecule has 1 aromatic heterocycles. The second kappa shape index (κ2) is 9.52. The van der Waals surface area contributed by atoms with Crippen molar-refractivity contribution in [3.63, 3.8) is 0 Å². The lowest BCUT2D eigenvalue weighted by atomic mass is 9.99. The summed E-state index contributed by atoms with van der Waals surface area (Å²) in [6.07, 6.45) is -5.00. The van der Waals surface area contributed by atoms with Gasteiger partial charge in [0.05, 0.1) is 18.1 Å². The number of aliphatic carboxylic acids is 1. The minimum Gasteiger partial charge on any atom is -0.489 e. The Bertz CT molecular complexity index is 1450. The number of ether oxygens (including phenoxy) is 1. The predicted octanol–water partition coefficient (Wildman–Crippen LogP) is 5.66. The van der Waals surface area contributed by atoms with E-state index in [1.54, 1.807) is 24.3 Å². The first-order chi connectivity index (χ1) is 16.7. The lowest BCUT2D eigenvalue weighted by Gasteiger charge is -2.13. The molecule has 0 saturated carbocycles. The van der Waals surface area contributed by atoms with Crippen LogP contribution in [0.1, 0.15) is 28.0 Å². The number of benzene rings is 3. The SMILES string of the molecule is N#Cc1ccc(OCc2cc(-c3cccc(CN)c3)c3oc(C(F)(F)F)cc3c2)c(CC(=O)O)c1. The van der Waals surface area contributed by atoms with Crippen LogP contribution in [0.25, 0.3) is 22.1 Å². The van der Waals surface area contributed by atoms with E-state index in [9.17, 15) is 23.1 Å². The van der Waals surface area contributed by atoms with Gasteiger partial charge in [-0.2, -0.15) is 18.4 Å². The van der Waals surface area contributed by atoms with Crippen molar-refractivity contribution >= 4 is 16.9 Å². The number of fused-ring (bicyclic) bond motifs is 1. The van der Waals surface area contributed by atoms with Gasteiger partial charge in [0.25, 0.3) is 0 Å². The van der Waals surface area contributed by atoms with Gasteiger partial charge in [-0.25, -0.2) is 0 Å². The number of furan rings is 1. The Labute approximate surface area is 198 Å². The number of alkyl halides is 3. The van der Waals surface area contributed by atoms with E-state index in [0.717, 1.165) is 11.6 Å². The number of nitrogens with zero attached hydrogens (tertiary/aromatic N) is 1. The highest BCUT2D eigenvalue weighted by Crippen LogP contribution is 2.39. The molecule has 0 bridgehead atoms. The Morgan fingerprint density at radius 2 is 1.89 bits per heavy atom. The summed E-state index contributed by atoms with van der Waals surface area (Å²) in [5.74, 6) is -1.94. The van der Waals surface area contributed by atoms with Crippen LogP contribution in [-0.2, 0) is 30.5 Å². The highest BCUT2D eigenvalue weighted by atomic mass is 19.4. The minimum atomic E-state index is -4.65. The molecule has 4 rings (SSSR count). The van der Waals surface area contributed by atoms with Gasteiger partial charge >= 0.3 is 12.1 Å². The van der Waals surface area contributed by atoms with Crippen molar-refractivity contribution in [1.82, 2.24) is 0 Å². The number of nitriles is 1. The number of carbonyl (C=O) groups is 1. The van der Waals surface area contributed by atoms with Gasteiger partial charge in [-0.3, -0.25) is 4.79 Å². The largest absolute Gasteiger partial charge is 0.489 e. The van der Waals surface area contributed by atoms with Crippen LogP contribution < -0.4 is 10.5 Å². The number of rotatable bonds is 7. The Hall–Kier alpha value is -4.29. The van der Waals surface area contributed by atoms with Gasteiger partial charge in [-0.05, 0) is 59.2 Å². The first-order valence-corrected chi connectivity index (χ1v) is 10.5. The van der Waals surface area contributed by atoms with Gasteiger partial charge in [0.15, 0.2) is 0 Å². The Morgan fingerprint density at radius 3 is 2.57 bits per heavy atom. The van der Waals surface area contributed by atoms with Gasteiger partial charge in [-0.1, -0.05) is 18.2 Å². The van der Waals surface area contributed by atoms with E-state index in [1.165, 1.54) is 24.3 Å². The van der Waals surface area contributed by atoms with Crippen LogP contribution >= 0.6 is 0 Å². The number of hydrogen-bond acceptors (Lipinski definition) is 5. The van der Waals surface area contributed by atoms with Crippen molar-refractivity contribution in [3.8, 4) is 22.9 Å². The fourth-order valence-electron chi connectivity index (χ4n) is 3.77. The van der Waals surface area contributed by atoms with Gasteiger partial charge in [0, 0.05) is 23.1 Å². The van der Waals surface area contributed by atoms with E-state index in [4.69, 9.17) is 20.1 Å². The maximum Gasteiger partial charge on any atom is 0.449 e. The zero-order chi connectivity index (χ0) is 25.2. The maximum atomic E-state index is 13.4. The van der Waals surface area contributed by atoms with Gasteiger partial charge in [0.1, 0.15) is 17.9 Å². The Morgan fingerprint density at radius 1 is 1.09 bits per heavy atom. The molecule has 0 aliphatic heterocycles. The van der Waals surface area contributed by atoms with Gasteiger partial charge < -0.3 is 20.0 Å². The third-order valence-electron chi connectivity index (χ3n) is 5.35. The topological polar surface area (TPSA) is 109 Å². The number of carboxylic acids is 1.